The molecule has 1 aromatic rings. The summed E-state index contributed by atoms with van der Waals surface area (Å²) in [6, 6.07) is 7.56. The molecule has 1 aromatic carbocycles. The predicted octanol–water partition coefficient (Wildman–Crippen LogP) is 3.79. The molecule has 0 aliphatic carbocycles. The molecule has 0 amide bonds. The molecule has 1 unspecified atom stereocenters. The van der Waals surface area contributed by atoms with Gasteiger partial charge in [-0.3, -0.25) is 4.79 Å². The standard InChI is InChI=1S/C16H20O3/c1-12(11-19-16-5-3-4-10-18-16)14-6-8-15(9-7-14)13(2)17/h6-9,11,16H,3-5,10H2,1-2H3/b12-11+. The van der Waals surface area contributed by atoms with Crippen molar-refractivity contribution in [3.8, 4) is 0 Å². The van der Waals surface area contributed by atoms with Gasteiger partial charge in [0, 0.05) is 12.0 Å². The number of benzene rings is 1. The van der Waals surface area contributed by atoms with Gasteiger partial charge >= 0.3 is 0 Å². The van der Waals surface area contributed by atoms with E-state index in [4.69, 9.17) is 9.47 Å². The molecule has 0 aromatic heterocycles. The number of carbonyl (C=O) groups is 1. The van der Waals surface area contributed by atoms with Crippen molar-refractivity contribution in [3.63, 3.8) is 0 Å². The molecule has 1 heterocycles. The molecule has 0 saturated carbocycles. The summed E-state index contributed by atoms with van der Waals surface area (Å²) in [5.74, 6) is 0.0834. The van der Waals surface area contributed by atoms with Crippen molar-refractivity contribution in [2.24, 2.45) is 0 Å². The Hall–Kier alpha value is -1.61. The Morgan fingerprint density at radius 3 is 2.47 bits per heavy atom. The molecule has 0 bridgehead atoms. The third kappa shape index (κ3) is 3.93. The molecular weight excluding hydrogens is 240 g/mol. The number of Topliss-reactive ketones (excluding diaryl/α,β-unsaturated/α-hetero) is 1. The maximum atomic E-state index is 11.2. The van der Waals surface area contributed by atoms with E-state index in [1.54, 1.807) is 13.2 Å². The topological polar surface area (TPSA) is 35.5 Å². The molecule has 0 N–H and O–H groups in total. The summed E-state index contributed by atoms with van der Waals surface area (Å²) < 4.78 is 11.1. The molecule has 1 saturated heterocycles. The molecule has 19 heavy (non-hydrogen) atoms. The van der Waals surface area contributed by atoms with Crippen LogP contribution in [0.15, 0.2) is 30.5 Å². The molecule has 3 nitrogen and oxygen atoms in total. The minimum absolute atomic E-state index is 0.0834. The predicted molar refractivity (Wildman–Crippen MR) is 74.8 cm³/mol. The maximum Gasteiger partial charge on any atom is 0.198 e. The van der Waals surface area contributed by atoms with Crippen LogP contribution < -0.4 is 0 Å². The van der Waals surface area contributed by atoms with Crippen LogP contribution in [0.2, 0.25) is 0 Å². The Balaban J connectivity index is 1.97. The number of hydrogen-bond acceptors (Lipinski definition) is 3. The minimum atomic E-state index is -0.111. The van der Waals surface area contributed by atoms with Gasteiger partial charge in [-0.15, -0.1) is 0 Å². The van der Waals surface area contributed by atoms with Crippen molar-refractivity contribution >= 4 is 11.4 Å². The summed E-state index contributed by atoms with van der Waals surface area (Å²) >= 11 is 0. The molecule has 0 spiro atoms. The zero-order chi connectivity index (χ0) is 13.7. The zero-order valence-electron chi connectivity index (χ0n) is 11.5. The van der Waals surface area contributed by atoms with Gasteiger partial charge < -0.3 is 9.47 Å². The van der Waals surface area contributed by atoms with Crippen LogP contribution in [0, 0.1) is 0 Å². The number of ketones is 1. The van der Waals surface area contributed by atoms with E-state index < -0.39 is 0 Å². The summed E-state index contributed by atoms with van der Waals surface area (Å²) in [5.41, 5.74) is 2.82. The summed E-state index contributed by atoms with van der Waals surface area (Å²) in [7, 11) is 0. The van der Waals surface area contributed by atoms with Crippen LogP contribution in [0.4, 0.5) is 0 Å². The molecule has 1 atom stereocenters. The van der Waals surface area contributed by atoms with E-state index in [1.807, 2.05) is 31.2 Å². The molecule has 3 heteroatoms. The van der Waals surface area contributed by atoms with E-state index in [-0.39, 0.29) is 12.1 Å². The van der Waals surface area contributed by atoms with Crippen LogP contribution in [-0.2, 0) is 9.47 Å². The highest BCUT2D eigenvalue weighted by Gasteiger charge is 2.13. The first-order chi connectivity index (χ1) is 9.16. The van der Waals surface area contributed by atoms with Crippen LogP contribution in [0.1, 0.15) is 49.0 Å². The summed E-state index contributed by atoms with van der Waals surface area (Å²) in [6.07, 6.45) is 4.87. The summed E-state index contributed by atoms with van der Waals surface area (Å²) in [4.78, 5) is 11.2. The normalized spacial score (nSPS) is 20.1. The molecule has 1 aliphatic heterocycles. The van der Waals surface area contributed by atoms with Gasteiger partial charge in [0.1, 0.15) is 0 Å². The van der Waals surface area contributed by atoms with Gasteiger partial charge in [-0.05, 0) is 37.8 Å². The lowest BCUT2D eigenvalue weighted by Crippen LogP contribution is -2.20. The van der Waals surface area contributed by atoms with Crippen LogP contribution in [0.25, 0.3) is 5.57 Å². The Bertz CT molecular complexity index is 453. The van der Waals surface area contributed by atoms with Crippen molar-refractivity contribution in [1.82, 2.24) is 0 Å². The number of ether oxygens (including phenoxy) is 2. The molecular formula is C16H20O3. The summed E-state index contributed by atoms with van der Waals surface area (Å²) in [6.45, 7) is 4.34. The molecule has 102 valence electrons. The number of carbonyl (C=O) groups excluding carboxylic acids is 1. The van der Waals surface area contributed by atoms with Crippen LogP contribution in [0.5, 0.6) is 0 Å². The zero-order valence-corrected chi connectivity index (χ0v) is 11.5. The van der Waals surface area contributed by atoms with Gasteiger partial charge in [0.05, 0.1) is 12.9 Å². The molecule has 1 aliphatic rings. The van der Waals surface area contributed by atoms with Gasteiger partial charge in [0.25, 0.3) is 0 Å². The first kappa shape index (κ1) is 13.8. The van der Waals surface area contributed by atoms with E-state index in [0.29, 0.717) is 0 Å². The summed E-state index contributed by atoms with van der Waals surface area (Å²) in [5, 5.41) is 0. The SMILES string of the molecule is CC(=O)c1ccc(/C(C)=C/OC2CCCCO2)cc1. The van der Waals surface area contributed by atoms with Crippen LogP contribution in [0.3, 0.4) is 0 Å². The Morgan fingerprint density at radius 1 is 1.21 bits per heavy atom. The molecule has 2 rings (SSSR count). The number of allylic oxidation sites excluding steroid dienone is 1. The molecule has 0 radical (unpaired) electrons. The number of hydrogen-bond donors (Lipinski definition) is 0. The van der Waals surface area contributed by atoms with Crippen LogP contribution >= 0.6 is 0 Å². The minimum Gasteiger partial charge on any atom is -0.472 e. The average molecular weight is 260 g/mol. The highest BCUT2D eigenvalue weighted by atomic mass is 16.7. The fourth-order valence-corrected chi connectivity index (χ4v) is 2.03. The van der Waals surface area contributed by atoms with Gasteiger partial charge in [0.2, 0.25) is 0 Å². The van der Waals surface area contributed by atoms with Gasteiger partial charge in [-0.1, -0.05) is 24.3 Å². The van der Waals surface area contributed by atoms with Crippen LogP contribution in [-0.4, -0.2) is 18.7 Å². The van der Waals surface area contributed by atoms with E-state index in [9.17, 15) is 4.79 Å². The van der Waals surface area contributed by atoms with E-state index in [2.05, 4.69) is 0 Å². The Labute approximate surface area is 114 Å². The van der Waals surface area contributed by atoms with Gasteiger partial charge in [0.15, 0.2) is 12.1 Å². The van der Waals surface area contributed by atoms with E-state index in [0.717, 1.165) is 42.6 Å². The fourth-order valence-electron chi connectivity index (χ4n) is 2.03. The third-order valence-electron chi connectivity index (χ3n) is 3.28. The Kier molecular flexibility index (Phi) is 4.74. The van der Waals surface area contributed by atoms with Crippen molar-refractivity contribution in [3.05, 3.63) is 41.7 Å². The smallest absolute Gasteiger partial charge is 0.198 e. The maximum absolute atomic E-state index is 11.2. The van der Waals surface area contributed by atoms with Crippen molar-refractivity contribution in [2.45, 2.75) is 39.4 Å². The third-order valence-corrected chi connectivity index (χ3v) is 3.28. The average Bonchev–Trinajstić information content (AvgIpc) is 2.46. The van der Waals surface area contributed by atoms with Gasteiger partial charge in [-0.2, -0.15) is 0 Å². The lowest BCUT2D eigenvalue weighted by Gasteiger charge is -2.22. The first-order valence-corrected chi connectivity index (χ1v) is 6.72. The second-order valence-electron chi connectivity index (χ2n) is 4.87. The first-order valence-electron chi connectivity index (χ1n) is 6.72. The quantitative estimate of drug-likeness (QED) is 0.610. The highest BCUT2D eigenvalue weighted by Crippen LogP contribution is 2.18. The van der Waals surface area contributed by atoms with Crippen molar-refractivity contribution in [2.75, 3.05) is 6.61 Å². The highest BCUT2D eigenvalue weighted by molar-refractivity contribution is 5.94. The second kappa shape index (κ2) is 6.53. The number of rotatable bonds is 4. The lowest BCUT2D eigenvalue weighted by atomic mass is 10.0. The second-order valence-corrected chi connectivity index (χ2v) is 4.87. The largest absolute Gasteiger partial charge is 0.472 e. The Morgan fingerprint density at radius 2 is 1.89 bits per heavy atom. The van der Waals surface area contributed by atoms with E-state index >= 15 is 0 Å². The molecule has 1 fully saturated rings. The van der Waals surface area contributed by atoms with Crippen molar-refractivity contribution in [1.29, 1.82) is 0 Å². The van der Waals surface area contributed by atoms with Crippen molar-refractivity contribution < 1.29 is 14.3 Å². The lowest BCUT2D eigenvalue weighted by molar-refractivity contribution is -0.129. The van der Waals surface area contributed by atoms with E-state index in [1.165, 1.54) is 0 Å². The monoisotopic (exact) mass is 260 g/mol. The fraction of sp³-hybridized carbons (Fsp3) is 0.438. The van der Waals surface area contributed by atoms with Gasteiger partial charge in [-0.25, -0.2) is 0 Å².